The monoisotopic (exact) mass is 431 g/mol. The molecule has 0 bridgehead atoms. The van der Waals surface area contributed by atoms with E-state index >= 15 is 0 Å². The maximum Gasteiger partial charge on any atom is 0.237 e. The van der Waals surface area contributed by atoms with Crippen LogP contribution in [0.25, 0.3) is 0 Å². The second-order valence-corrected chi connectivity index (χ2v) is 8.85. The molecule has 1 aromatic carbocycles. The van der Waals surface area contributed by atoms with E-state index in [9.17, 15) is 19.4 Å². The average molecular weight is 432 g/mol. The number of rotatable bonds is 9. The Kier molecular flexibility index (Phi) is 8.39. The van der Waals surface area contributed by atoms with Gasteiger partial charge in [-0.25, -0.2) is 4.39 Å². The van der Waals surface area contributed by atoms with Crippen LogP contribution in [-0.4, -0.2) is 65.2 Å². The lowest BCUT2D eigenvalue weighted by Gasteiger charge is -2.28. The summed E-state index contributed by atoms with van der Waals surface area (Å²) in [5.74, 6) is -1.64. The molecule has 5 atom stereocenters. The van der Waals surface area contributed by atoms with Crippen molar-refractivity contribution < 1.29 is 24.5 Å². The van der Waals surface area contributed by atoms with Crippen molar-refractivity contribution >= 4 is 17.5 Å². The summed E-state index contributed by atoms with van der Waals surface area (Å²) < 4.78 is 14.8. The molecule has 0 saturated carbocycles. The van der Waals surface area contributed by atoms with Gasteiger partial charge in [0.2, 0.25) is 5.91 Å². The second-order valence-electron chi connectivity index (χ2n) is 8.44. The summed E-state index contributed by atoms with van der Waals surface area (Å²) >= 11 is 5.95. The van der Waals surface area contributed by atoms with Crippen LogP contribution >= 0.6 is 11.6 Å². The first-order valence-electron chi connectivity index (χ1n) is 9.74. The van der Waals surface area contributed by atoms with Crippen LogP contribution < -0.4 is 16.4 Å². The molecule has 1 unspecified atom stereocenters. The van der Waals surface area contributed by atoms with Gasteiger partial charge < -0.3 is 31.7 Å². The molecular formula is C20H31ClFN3O4. The Morgan fingerprint density at radius 2 is 2.10 bits per heavy atom. The molecule has 1 saturated heterocycles. The van der Waals surface area contributed by atoms with Crippen molar-refractivity contribution in [2.75, 3.05) is 19.8 Å². The molecule has 9 heteroatoms. The number of aliphatic hydroxyl groups excluding tert-OH is 3. The zero-order valence-electron chi connectivity index (χ0n) is 16.7. The van der Waals surface area contributed by atoms with Crippen LogP contribution in [0.4, 0.5) is 4.39 Å². The summed E-state index contributed by atoms with van der Waals surface area (Å²) in [6, 6.07) is 2.93. The Labute approximate surface area is 175 Å². The highest BCUT2D eigenvalue weighted by molar-refractivity contribution is 6.30. The number of nitrogens with one attached hydrogen (secondary N) is 2. The Bertz CT molecular complexity index is 706. The minimum absolute atomic E-state index is 0.0425. The van der Waals surface area contributed by atoms with Gasteiger partial charge in [-0.2, -0.15) is 0 Å². The molecule has 2 rings (SSSR count). The number of carbonyl (C=O) groups excluding carboxylic acids is 1. The number of carbonyl (C=O) groups is 1. The van der Waals surface area contributed by atoms with Gasteiger partial charge in [0, 0.05) is 31.2 Å². The second kappa shape index (κ2) is 10.1. The molecule has 0 aromatic heterocycles. The topological polar surface area (TPSA) is 128 Å². The molecule has 0 radical (unpaired) electrons. The van der Waals surface area contributed by atoms with E-state index in [0.29, 0.717) is 6.42 Å². The molecule has 1 heterocycles. The quantitative estimate of drug-likeness (QED) is 0.338. The average Bonchev–Trinajstić information content (AvgIpc) is 2.99. The SMILES string of the molecule is CC(C)(CO)C[C@@H]1N[C@@H](C(=O)NCC[C@H](O)CO)[C@H](c2cccc(Cl)c2F)C1N. The van der Waals surface area contributed by atoms with Crippen molar-refractivity contribution in [3.05, 3.63) is 34.6 Å². The van der Waals surface area contributed by atoms with E-state index in [1.807, 2.05) is 13.8 Å². The summed E-state index contributed by atoms with van der Waals surface area (Å²) in [6.45, 7) is 3.49. The van der Waals surface area contributed by atoms with Crippen LogP contribution in [0.3, 0.4) is 0 Å². The van der Waals surface area contributed by atoms with E-state index in [1.165, 1.54) is 6.07 Å². The van der Waals surface area contributed by atoms with Crippen LogP contribution in [-0.2, 0) is 4.79 Å². The molecule has 1 aromatic rings. The minimum Gasteiger partial charge on any atom is -0.396 e. The van der Waals surface area contributed by atoms with Gasteiger partial charge in [-0.1, -0.05) is 37.6 Å². The van der Waals surface area contributed by atoms with E-state index < -0.39 is 41.9 Å². The molecule has 0 aliphatic carbocycles. The number of halogens is 2. The summed E-state index contributed by atoms with van der Waals surface area (Å²) in [4.78, 5) is 12.8. The number of aliphatic hydroxyl groups is 3. The molecule has 1 aliphatic rings. The number of amides is 1. The lowest BCUT2D eigenvalue weighted by Crippen LogP contribution is -2.46. The summed E-state index contributed by atoms with van der Waals surface area (Å²) in [6.07, 6.45) is -0.234. The van der Waals surface area contributed by atoms with Crippen LogP contribution in [0.15, 0.2) is 18.2 Å². The van der Waals surface area contributed by atoms with Gasteiger partial charge in [-0.15, -0.1) is 0 Å². The maximum absolute atomic E-state index is 14.8. The zero-order chi connectivity index (χ0) is 21.8. The Morgan fingerprint density at radius 1 is 1.41 bits per heavy atom. The van der Waals surface area contributed by atoms with Gasteiger partial charge in [0.1, 0.15) is 5.82 Å². The molecule has 7 nitrogen and oxygen atoms in total. The number of hydrogen-bond acceptors (Lipinski definition) is 6. The van der Waals surface area contributed by atoms with Crippen molar-refractivity contribution in [3.63, 3.8) is 0 Å². The zero-order valence-corrected chi connectivity index (χ0v) is 17.5. The van der Waals surface area contributed by atoms with E-state index in [-0.39, 0.29) is 42.1 Å². The van der Waals surface area contributed by atoms with E-state index in [1.54, 1.807) is 12.1 Å². The van der Waals surface area contributed by atoms with E-state index in [4.69, 9.17) is 22.4 Å². The third kappa shape index (κ3) is 5.87. The number of nitrogens with two attached hydrogens (primary N) is 1. The standard InChI is InChI=1S/C20H31ClFN3O4/c1-20(2,10-27)8-14-17(23)15(12-4-3-5-13(21)16(12)22)18(25-14)19(29)24-7-6-11(28)9-26/h3-5,11,14-15,17-18,25-28H,6-10,23H2,1-2H3,(H,24,29)/t11-,14-,15+,17?,18+/m0/s1. The fourth-order valence-electron chi connectivity index (χ4n) is 3.74. The Hall–Kier alpha value is -1.29. The minimum atomic E-state index is -0.923. The Balaban J connectivity index is 2.26. The van der Waals surface area contributed by atoms with Crippen molar-refractivity contribution in [1.82, 2.24) is 10.6 Å². The van der Waals surface area contributed by atoms with Crippen LogP contribution in [0.2, 0.25) is 5.02 Å². The molecule has 7 N–H and O–H groups in total. The van der Waals surface area contributed by atoms with Crippen LogP contribution in [0.1, 0.15) is 38.2 Å². The lowest BCUT2D eigenvalue weighted by molar-refractivity contribution is -0.123. The normalized spacial score (nSPS) is 25.8. The molecule has 29 heavy (non-hydrogen) atoms. The highest BCUT2D eigenvalue weighted by atomic mass is 35.5. The van der Waals surface area contributed by atoms with Gasteiger partial charge in [0.05, 0.1) is 23.8 Å². The fraction of sp³-hybridized carbons (Fsp3) is 0.650. The number of hydrogen-bond donors (Lipinski definition) is 6. The first-order valence-corrected chi connectivity index (χ1v) is 10.1. The van der Waals surface area contributed by atoms with Crippen LogP contribution in [0.5, 0.6) is 0 Å². The first-order chi connectivity index (χ1) is 13.6. The maximum atomic E-state index is 14.8. The fourth-order valence-corrected chi connectivity index (χ4v) is 3.92. The van der Waals surface area contributed by atoms with Crippen molar-refractivity contribution in [1.29, 1.82) is 0 Å². The number of benzene rings is 1. The van der Waals surface area contributed by atoms with Gasteiger partial charge in [-0.05, 0) is 29.9 Å². The molecule has 1 aliphatic heterocycles. The van der Waals surface area contributed by atoms with E-state index in [0.717, 1.165) is 0 Å². The lowest BCUT2D eigenvalue weighted by atomic mass is 9.81. The summed E-state index contributed by atoms with van der Waals surface area (Å²) in [5.41, 5.74) is 6.29. The highest BCUT2D eigenvalue weighted by Crippen LogP contribution is 2.37. The largest absolute Gasteiger partial charge is 0.396 e. The summed E-state index contributed by atoms with van der Waals surface area (Å²) in [7, 11) is 0. The van der Waals surface area contributed by atoms with Crippen molar-refractivity contribution in [2.45, 2.75) is 56.8 Å². The Morgan fingerprint density at radius 3 is 2.72 bits per heavy atom. The van der Waals surface area contributed by atoms with Gasteiger partial charge in [0.25, 0.3) is 0 Å². The summed E-state index contributed by atoms with van der Waals surface area (Å²) in [5, 5.41) is 33.8. The van der Waals surface area contributed by atoms with Gasteiger partial charge in [-0.3, -0.25) is 4.79 Å². The predicted molar refractivity (Wildman–Crippen MR) is 109 cm³/mol. The van der Waals surface area contributed by atoms with Crippen LogP contribution in [0, 0.1) is 11.2 Å². The molecule has 0 spiro atoms. The van der Waals surface area contributed by atoms with E-state index in [2.05, 4.69) is 10.6 Å². The van der Waals surface area contributed by atoms with Crippen molar-refractivity contribution in [3.8, 4) is 0 Å². The molecule has 1 amide bonds. The molecule has 1 fully saturated rings. The predicted octanol–water partition coefficient (Wildman–Crippen LogP) is 0.499. The first kappa shape index (κ1) is 24.0. The third-order valence-corrected chi connectivity index (χ3v) is 5.74. The van der Waals surface area contributed by atoms with Gasteiger partial charge in [0.15, 0.2) is 0 Å². The smallest absolute Gasteiger partial charge is 0.237 e. The third-order valence-electron chi connectivity index (χ3n) is 5.44. The highest BCUT2D eigenvalue weighted by Gasteiger charge is 2.47. The molecule has 164 valence electrons. The molecular weight excluding hydrogens is 401 g/mol. The van der Waals surface area contributed by atoms with Crippen molar-refractivity contribution in [2.24, 2.45) is 11.1 Å². The van der Waals surface area contributed by atoms with Gasteiger partial charge >= 0.3 is 0 Å².